The second-order valence-electron chi connectivity index (χ2n) is 9.32. The zero-order valence-corrected chi connectivity index (χ0v) is 18.6. The minimum absolute atomic E-state index is 0.0175. The van der Waals surface area contributed by atoms with Crippen LogP contribution in [0.1, 0.15) is 60.1 Å². The van der Waals surface area contributed by atoms with Crippen molar-refractivity contribution in [1.29, 1.82) is 0 Å². The molecule has 2 saturated carbocycles. The Balaban J connectivity index is 1.50. The molecule has 2 aromatic heterocycles. The minimum atomic E-state index is -0.345. The summed E-state index contributed by atoms with van der Waals surface area (Å²) in [5, 5.41) is 13.1. The predicted molar refractivity (Wildman–Crippen MR) is 123 cm³/mol. The second kappa shape index (κ2) is 8.54. The van der Waals surface area contributed by atoms with Gasteiger partial charge < -0.3 is 20.1 Å². The number of aromatic amines is 1. The van der Waals surface area contributed by atoms with E-state index in [4.69, 9.17) is 4.74 Å². The van der Waals surface area contributed by atoms with Gasteiger partial charge in [-0.05, 0) is 70.4 Å². The number of aliphatic hydroxyl groups is 1. The Kier molecular flexibility index (Phi) is 5.59. The van der Waals surface area contributed by atoms with E-state index in [1.807, 2.05) is 26.0 Å². The first-order valence-corrected chi connectivity index (χ1v) is 11.6. The maximum Gasteiger partial charge on any atom is 0.255 e. The van der Waals surface area contributed by atoms with E-state index < -0.39 is 0 Å². The molecule has 0 aliphatic heterocycles. The average molecular weight is 435 g/mol. The van der Waals surface area contributed by atoms with E-state index in [-0.39, 0.29) is 18.1 Å². The van der Waals surface area contributed by atoms with Gasteiger partial charge >= 0.3 is 0 Å². The summed E-state index contributed by atoms with van der Waals surface area (Å²) in [5.74, 6) is 1.29. The Bertz CT molecular complexity index is 1150. The second-order valence-corrected chi connectivity index (χ2v) is 9.32. The number of nitrogens with one attached hydrogen (secondary N) is 2. The van der Waals surface area contributed by atoms with Crippen molar-refractivity contribution in [3.63, 3.8) is 0 Å². The van der Waals surface area contributed by atoms with Crippen molar-refractivity contribution in [3.8, 4) is 17.0 Å². The van der Waals surface area contributed by atoms with Crippen LogP contribution < -0.4 is 10.1 Å². The summed E-state index contributed by atoms with van der Waals surface area (Å²) in [7, 11) is 0. The third-order valence-corrected chi connectivity index (χ3v) is 6.54. The van der Waals surface area contributed by atoms with E-state index >= 15 is 0 Å². The summed E-state index contributed by atoms with van der Waals surface area (Å²) in [6, 6.07) is 6.10. The molecular weight excluding hydrogens is 404 g/mol. The van der Waals surface area contributed by atoms with Gasteiger partial charge in [-0.2, -0.15) is 0 Å². The van der Waals surface area contributed by atoms with Crippen LogP contribution >= 0.6 is 0 Å². The highest BCUT2D eigenvalue weighted by Gasteiger charge is 2.27. The number of amides is 1. The summed E-state index contributed by atoms with van der Waals surface area (Å²) in [6.45, 7) is 4.65. The minimum Gasteiger partial charge on any atom is -0.493 e. The molecule has 1 aromatic carbocycles. The lowest BCUT2D eigenvalue weighted by molar-refractivity contribution is 0.0850. The van der Waals surface area contributed by atoms with Gasteiger partial charge in [0.1, 0.15) is 23.3 Å². The van der Waals surface area contributed by atoms with Gasteiger partial charge in [0.2, 0.25) is 0 Å². The summed E-state index contributed by atoms with van der Waals surface area (Å²) in [4.78, 5) is 25.6. The molecule has 3 N–H and O–H groups in total. The first-order chi connectivity index (χ1) is 15.5. The largest absolute Gasteiger partial charge is 0.493 e. The molecule has 0 unspecified atom stereocenters. The molecule has 168 valence electrons. The molecule has 7 nitrogen and oxygen atoms in total. The van der Waals surface area contributed by atoms with E-state index in [2.05, 4.69) is 26.3 Å². The number of hydrogen-bond acceptors (Lipinski definition) is 5. The van der Waals surface area contributed by atoms with Crippen LogP contribution in [0, 0.1) is 19.8 Å². The Morgan fingerprint density at radius 2 is 2.06 bits per heavy atom. The van der Waals surface area contributed by atoms with Crippen LogP contribution in [0.5, 0.6) is 5.75 Å². The van der Waals surface area contributed by atoms with Gasteiger partial charge in [-0.3, -0.25) is 4.79 Å². The summed E-state index contributed by atoms with van der Waals surface area (Å²) in [5.41, 5.74) is 5.39. The van der Waals surface area contributed by atoms with Crippen LogP contribution in [0.3, 0.4) is 0 Å². The van der Waals surface area contributed by atoms with Crippen LogP contribution in [0.15, 0.2) is 24.5 Å². The molecular formula is C25H30N4O3. The number of carbonyl (C=O) groups excluding carboxylic acids is 1. The van der Waals surface area contributed by atoms with E-state index in [1.165, 1.54) is 19.2 Å². The van der Waals surface area contributed by atoms with Crippen molar-refractivity contribution in [2.45, 2.75) is 64.5 Å². The number of aryl methyl sites for hydroxylation is 2. The van der Waals surface area contributed by atoms with Gasteiger partial charge in [-0.1, -0.05) is 11.6 Å². The molecule has 32 heavy (non-hydrogen) atoms. The Labute approximate surface area is 187 Å². The number of nitrogens with zero attached hydrogens (tertiary/aromatic N) is 2. The number of hydrogen-bond donors (Lipinski definition) is 3. The standard InChI is InChI=1S/C25H30N4O3/c1-14-6-9-20(32-12-16-7-8-16)19(10-14)22-24-23(27-13-26-22)21(15(2)28-24)25(31)29-17-4-3-5-18(30)11-17/h6,9-10,13,16-18,28,30H,3-5,7-8,11-12H2,1-2H3,(H,29,31)/t17-,18-/m1/s1. The fourth-order valence-corrected chi connectivity index (χ4v) is 4.60. The topological polar surface area (TPSA) is 100 Å². The molecule has 1 amide bonds. The molecule has 2 fully saturated rings. The van der Waals surface area contributed by atoms with E-state index in [0.717, 1.165) is 59.7 Å². The van der Waals surface area contributed by atoms with Crippen LogP contribution in [-0.2, 0) is 0 Å². The van der Waals surface area contributed by atoms with Crippen molar-refractivity contribution in [2.75, 3.05) is 6.61 Å². The van der Waals surface area contributed by atoms with Gasteiger partial charge in [0.15, 0.2) is 0 Å². The monoisotopic (exact) mass is 434 g/mol. The van der Waals surface area contributed by atoms with Gasteiger partial charge in [-0.25, -0.2) is 9.97 Å². The first kappa shape index (κ1) is 20.9. The van der Waals surface area contributed by atoms with Crippen molar-refractivity contribution >= 4 is 16.9 Å². The van der Waals surface area contributed by atoms with E-state index in [0.29, 0.717) is 23.4 Å². The number of aromatic nitrogens is 3. The zero-order valence-electron chi connectivity index (χ0n) is 18.6. The van der Waals surface area contributed by atoms with Crippen molar-refractivity contribution < 1.29 is 14.6 Å². The highest BCUT2D eigenvalue weighted by atomic mass is 16.5. The first-order valence-electron chi connectivity index (χ1n) is 11.6. The molecule has 2 aliphatic carbocycles. The Morgan fingerprint density at radius 3 is 2.84 bits per heavy atom. The maximum absolute atomic E-state index is 13.2. The van der Waals surface area contributed by atoms with Crippen LogP contribution in [0.25, 0.3) is 22.3 Å². The molecule has 0 saturated heterocycles. The van der Waals surface area contributed by atoms with Gasteiger partial charge in [0.25, 0.3) is 5.91 Å². The van der Waals surface area contributed by atoms with Crippen LogP contribution in [0.2, 0.25) is 0 Å². The lowest BCUT2D eigenvalue weighted by Gasteiger charge is -2.26. The van der Waals surface area contributed by atoms with Crippen molar-refractivity contribution in [1.82, 2.24) is 20.3 Å². The number of fused-ring (bicyclic) bond motifs is 1. The van der Waals surface area contributed by atoms with Crippen LogP contribution in [0.4, 0.5) is 0 Å². The quantitative estimate of drug-likeness (QED) is 0.543. The lowest BCUT2D eigenvalue weighted by Crippen LogP contribution is -2.39. The highest BCUT2D eigenvalue weighted by molar-refractivity contribution is 6.09. The average Bonchev–Trinajstić information content (AvgIpc) is 3.52. The molecule has 2 aliphatic rings. The predicted octanol–water partition coefficient (Wildman–Crippen LogP) is 4.06. The SMILES string of the molecule is Cc1ccc(OCC2CC2)c(-c2ncnc3c(C(=O)N[C@@H]4CCC[C@@H](O)C4)c(C)[nH]c23)c1. The molecule has 0 spiro atoms. The summed E-state index contributed by atoms with van der Waals surface area (Å²) < 4.78 is 6.14. The summed E-state index contributed by atoms with van der Waals surface area (Å²) >= 11 is 0. The zero-order chi connectivity index (χ0) is 22.2. The van der Waals surface area contributed by atoms with Crippen molar-refractivity contribution in [3.05, 3.63) is 41.3 Å². The number of H-pyrrole nitrogens is 1. The fourth-order valence-electron chi connectivity index (χ4n) is 4.60. The smallest absolute Gasteiger partial charge is 0.255 e. The van der Waals surface area contributed by atoms with Gasteiger partial charge in [-0.15, -0.1) is 0 Å². The Hall–Kier alpha value is -2.93. The number of ether oxygens (including phenoxy) is 1. The number of benzene rings is 1. The van der Waals surface area contributed by atoms with Crippen LogP contribution in [-0.4, -0.2) is 44.7 Å². The Morgan fingerprint density at radius 1 is 1.22 bits per heavy atom. The molecule has 0 bridgehead atoms. The van der Waals surface area contributed by atoms with Gasteiger partial charge in [0.05, 0.1) is 23.8 Å². The van der Waals surface area contributed by atoms with E-state index in [9.17, 15) is 9.90 Å². The number of rotatable bonds is 6. The third-order valence-electron chi connectivity index (χ3n) is 6.54. The lowest BCUT2D eigenvalue weighted by atomic mass is 9.93. The molecule has 2 atom stereocenters. The summed E-state index contributed by atoms with van der Waals surface area (Å²) in [6.07, 6.45) is 6.82. The highest BCUT2D eigenvalue weighted by Crippen LogP contribution is 2.37. The van der Waals surface area contributed by atoms with Gasteiger partial charge in [0, 0.05) is 17.3 Å². The number of carbonyl (C=O) groups is 1. The number of aliphatic hydroxyl groups excluding tert-OH is 1. The van der Waals surface area contributed by atoms with Crippen molar-refractivity contribution in [2.24, 2.45) is 5.92 Å². The normalized spacial score (nSPS) is 21.0. The fraction of sp³-hybridized carbons (Fsp3) is 0.480. The van der Waals surface area contributed by atoms with E-state index in [1.54, 1.807) is 0 Å². The third kappa shape index (κ3) is 4.21. The molecule has 0 radical (unpaired) electrons. The molecule has 5 rings (SSSR count). The molecule has 2 heterocycles. The maximum atomic E-state index is 13.2. The molecule has 3 aromatic rings. The molecule has 7 heteroatoms.